The molecule has 0 fully saturated rings. The molecule has 0 aliphatic rings. The molecule has 0 radical (unpaired) electrons. The molecule has 0 saturated carbocycles. The highest BCUT2D eigenvalue weighted by Gasteiger charge is 2.06. The number of amides is 2. The quantitative estimate of drug-likeness (QED) is 0.569. The Hall–Kier alpha value is -3.06. The smallest absolute Gasteiger partial charge is 0.319 e. The number of benzene rings is 2. The Morgan fingerprint density at radius 3 is 2.54 bits per heavy atom. The van der Waals surface area contributed by atoms with Gasteiger partial charge in [0, 0.05) is 24.0 Å². The van der Waals surface area contributed by atoms with Crippen molar-refractivity contribution < 1.29 is 14.3 Å². The second kappa shape index (κ2) is 9.75. The lowest BCUT2D eigenvalue weighted by molar-refractivity contribution is 0.252. The van der Waals surface area contributed by atoms with Crippen molar-refractivity contribution in [3.63, 3.8) is 0 Å². The number of methoxy groups -OCH3 is 1. The Morgan fingerprint density at radius 2 is 1.86 bits per heavy atom. The van der Waals surface area contributed by atoms with Crippen molar-refractivity contribution in [1.82, 2.24) is 10.3 Å². The van der Waals surface area contributed by atoms with E-state index < -0.39 is 0 Å². The van der Waals surface area contributed by atoms with E-state index in [1.165, 1.54) is 0 Å². The average molecular weight is 398 g/mol. The highest BCUT2D eigenvalue weighted by Crippen LogP contribution is 2.31. The van der Waals surface area contributed by atoms with E-state index in [1.807, 2.05) is 29.6 Å². The van der Waals surface area contributed by atoms with Gasteiger partial charge in [-0.2, -0.15) is 0 Å². The summed E-state index contributed by atoms with van der Waals surface area (Å²) in [7, 11) is 1.60. The Balaban J connectivity index is 1.47. The predicted octanol–water partition coefficient (Wildman–Crippen LogP) is 4.87. The number of nitrogens with zero attached hydrogens (tertiary/aromatic N) is 1. The van der Waals surface area contributed by atoms with Gasteiger partial charge in [0.15, 0.2) is 11.5 Å². The fourth-order valence-corrected chi connectivity index (χ4v) is 3.32. The molecule has 0 atom stereocenters. The zero-order valence-corrected chi connectivity index (χ0v) is 16.7. The fourth-order valence-electron chi connectivity index (χ4n) is 2.54. The minimum Gasteiger partial charge on any atom is -0.493 e. The third-order valence-corrected chi connectivity index (χ3v) is 5.02. The van der Waals surface area contributed by atoms with Gasteiger partial charge in [-0.15, -0.1) is 11.3 Å². The second-order valence-corrected chi connectivity index (χ2v) is 6.94. The molecule has 0 bridgehead atoms. The van der Waals surface area contributed by atoms with Gasteiger partial charge in [-0.1, -0.05) is 19.1 Å². The molecule has 0 aliphatic heterocycles. The summed E-state index contributed by atoms with van der Waals surface area (Å²) < 4.78 is 11.1. The molecule has 6 nitrogen and oxygen atoms in total. The lowest BCUT2D eigenvalue weighted by Crippen LogP contribution is -2.30. The number of rotatable bonds is 8. The van der Waals surface area contributed by atoms with Crippen molar-refractivity contribution in [2.24, 2.45) is 0 Å². The molecule has 2 amide bonds. The molecule has 0 unspecified atom stereocenters. The molecule has 0 spiro atoms. The molecule has 3 rings (SSSR count). The van der Waals surface area contributed by atoms with Crippen molar-refractivity contribution >= 4 is 23.1 Å². The van der Waals surface area contributed by atoms with Crippen molar-refractivity contribution in [2.45, 2.75) is 19.8 Å². The molecule has 1 heterocycles. The maximum atomic E-state index is 12.0. The molecule has 2 aromatic carbocycles. The van der Waals surface area contributed by atoms with Gasteiger partial charge >= 0.3 is 6.03 Å². The monoisotopic (exact) mass is 397 g/mol. The number of aromatic nitrogens is 1. The molecule has 7 heteroatoms. The molecule has 0 saturated heterocycles. The lowest BCUT2D eigenvalue weighted by atomic mass is 10.3. The summed E-state index contributed by atoms with van der Waals surface area (Å²) in [6.45, 7) is 2.62. The lowest BCUT2D eigenvalue weighted by Gasteiger charge is -2.11. The minimum absolute atomic E-state index is 0.246. The van der Waals surface area contributed by atoms with Crippen LogP contribution in [-0.2, 0) is 12.8 Å². The van der Waals surface area contributed by atoms with Crippen LogP contribution < -0.4 is 20.1 Å². The topological polar surface area (TPSA) is 72.5 Å². The van der Waals surface area contributed by atoms with Crippen molar-refractivity contribution in [3.8, 4) is 17.2 Å². The average Bonchev–Trinajstić information content (AvgIpc) is 3.18. The Bertz CT molecular complexity index is 909. The van der Waals surface area contributed by atoms with Crippen LogP contribution in [0.4, 0.5) is 10.5 Å². The Labute approximate surface area is 168 Å². The van der Waals surface area contributed by atoms with Crippen molar-refractivity contribution in [1.29, 1.82) is 0 Å². The summed E-state index contributed by atoms with van der Waals surface area (Å²) in [5.74, 6) is 1.96. The van der Waals surface area contributed by atoms with Crippen molar-refractivity contribution in [3.05, 3.63) is 64.6 Å². The largest absolute Gasteiger partial charge is 0.493 e. The number of para-hydroxylation sites is 2. The van der Waals surface area contributed by atoms with Gasteiger partial charge in [0.25, 0.3) is 0 Å². The third kappa shape index (κ3) is 5.47. The molecule has 146 valence electrons. The molecule has 3 aromatic rings. The Kier molecular flexibility index (Phi) is 6.86. The number of thiazole rings is 1. The van der Waals surface area contributed by atoms with Crippen LogP contribution in [0.25, 0.3) is 0 Å². The van der Waals surface area contributed by atoms with Gasteiger partial charge < -0.3 is 20.1 Å². The summed E-state index contributed by atoms with van der Waals surface area (Å²) >= 11 is 1.66. The number of ether oxygens (including phenoxy) is 2. The van der Waals surface area contributed by atoms with Crippen molar-refractivity contribution in [2.75, 3.05) is 19.0 Å². The highest BCUT2D eigenvalue weighted by atomic mass is 32.1. The first-order valence-corrected chi connectivity index (χ1v) is 9.95. The van der Waals surface area contributed by atoms with E-state index in [4.69, 9.17) is 9.47 Å². The van der Waals surface area contributed by atoms with Crippen LogP contribution in [0.1, 0.15) is 17.6 Å². The first-order chi connectivity index (χ1) is 13.7. The predicted molar refractivity (Wildman–Crippen MR) is 112 cm³/mol. The third-order valence-electron chi connectivity index (χ3n) is 3.98. The SMILES string of the molecule is CCc1nc(CCNC(=O)Nc2ccc(Oc3ccccc3OC)cc2)cs1. The number of urea groups is 1. The van der Waals surface area contributed by atoms with Gasteiger partial charge in [-0.05, 0) is 42.8 Å². The van der Waals surface area contributed by atoms with E-state index in [0.29, 0.717) is 29.5 Å². The minimum atomic E-state index is -0.246. The number of hydrogen-bond donors (Lipinski definition) is 2. The zero-order chi connectivity index (χ0) is 19.8. The van der Waals surface area contributed by atoms with Gasteiger partial charge in [-0.25, -0.2) is 9.78 Å². The summed E-state index contributed by atoms with van der Waals surface area (Å²) in [5.41, 5.74) is 1.70. The van der Waals surface area contributed by atoms with Crippen LogP contribution in [0.15, 0.2) is 53.9 Å². The zero-order valence-electron chi connectivity index (χ0n) is 15.9. The molecular formula is C21H23N3O3S. The summed E-state index contributed by atoms with van der Waals surface area (Å²) in [6, 6.07) is 14.4. The molecule has 1 aromatic heterocycles. The van der Waals surface area contributed by atoms with E-state index in [1.54, 1.807) is 42.7 Å². The van der Waals surface area contributed by atoms with Gasteiger partial charge in [0.2, 0.25) is 0 Å². The van der Waals surface area contributed by atoms with E-state index in [0.717, 1.165) is 23.5 Å². The van der Waals surface area contributed by atoms with Crippen LogP contribution in [0.5, 0.6) is 17.2 Å². The van der Waals surface area contributed by atoms with E-state index in [2.05, 4.69) is 22.5 Å². The maximum absolute atomic E-state index is 12.0. The fraction of sp³-hybridized carbons (Fsp3) is 0.238. The summed E-state index contributed by atoms with van der Waals surface area (Å²) in [5, 5.41) is 8.81. The molecule has 28 heavy (non-hydrogen) atoms. The van der Waals surface area contributed by atoms with E-state index >= 15 is 0 Å². The number of carbonyl (C=O) groups is 1. The number of aryl methyl sites for hydroxylation is 1. The molecule has 2 N–H and O–H groups in total. The standard InChI is InChI=1S/C21H23N3O3S/c1-3-20-23-16(14-28-20)12-13-22-21(25)24-15-8-10-17(11-9-15)27-19-7-5-4-6-18(19)26-2/h4-11,14H,3,12-13H2,1-2H3,(H2,22,24,25). The summed E-state index contributed by atoms with van der Waals surface area (Å²) in [6.07, 6.45) is 1.66. The molecule has 0 aliphatic carbocycles. The van der Waals surface area contributed by atoms with E-state index in [-0.39, 0.29) is 6.03 Å². The highest BCUT2D eigenvalue weighted by molar-refractivity contribution is 7.09. The number of anilines is 1. The van der Waals surface area contributed by atoms with Gasteiger partial charge in [0.1, 0.15) is 5.75 Å². The van der Waals surface area contributed by atoms with Crippen LogP contribution >= 0.6 is 11.3 Å². The van der Waals surface area contributed by atoms with E-state index in [9.17, 15) is 4.79 Å². The van der Waals surface area contributed by atoms with Gasteiger partial charge in [-0.3, -0.25) is 0 Å². The van der Waals surface area contributed by atoms with Crippen LogP contribution in [0, 0.1) is 0 Å². The van der Waals surface area contributed by atoms with Crippen LogP contribution in [0.2, 0.25) is 0 Å². The normalized spacial score (nSPS) is 10.4. The number of carbonyl (C=O) groups excluding carboxylic acids is 1. The maximum Gasteiger partial charge on any atom is 0.319 e. The second-order valence-electron chi connectivity index (χ2n) is 5.99. The van der Waals surface area contributed by atoms with Gasteiger partial charge in [0.05, 0.1) is 17.8 Å². The van der Waals surface area contributed by atoms with Crippen LogP contribution in [0.3, 0.4) is 0 Å². The first kappa shape index (κ1) is 19.7. The first-order valence-electron chi connectivity index (χ1n) is 9.07. The number of nitrogens with one attached hydrogen (secondary N) is 2. The number of hydrogen-bond acceptors (Lipinski definition) is 5. The molecular weight excluding hydrogens is 374 g/mol. The summed E-state index contributed by atoms with van der Waals surface area (Å²) in [4.78, 5) is 16.5. The Morgan fingerprint density at radius 1 is 1.11 bits per heavy atom. The van der Waals surface area contributed by atoms with Crippen LogP contribution in [-0.4, -0.2) is 24.7 Å².